The predicted octanol–water partition coefficient (Wildman–Crippen LogP) is 6.67. The number of aliphatic hydroxyl groups excluding tert-OH is 1. The number of furan rings is 2. The summed E-state index contributed by atoms with van der Waals surface area (Å²) in [5.41, 5.74) is 1.90. The Balaban J connectivity index is 1.49. The van der Waals surface area contributed by atoms with Crippen molar-refractivity contribution in [3.05, 3.63) is 88.3 Å². The van der Waals surface area contributed by atoms with Gasteiger partial charge in [0.25, 0.3) is 0 Å². The maximum Gasteiger partial charge on any atom is 0.248 e. The minimum absolute atomic E-state index is 0.191. The van der Waals surface area contributed by atoms with Gasteiger partial charge in [-0.25, -0.2) is 0 Å². The van der Waals surface area contributed by atoms with Gasteiger partial charge in [0.1, 0.15) is 35.4 Å². The van der Waals surface area contributed by atoms with E-state index in [1.165, 1.54) is 13.2 Å². The molecule has 4 aromatic rings. The first-order valence-electron chi connectivity index (χ1n) is 9.89. The molecule has 2 aromatic heterocycles. The number of methoxy groups -OCH3 is 1. The maximum absolute atomic E-state index is 12.5. The maximum atomic E-state index is 12.5. The van der Waals surface area contributed by atoms with E-state index in [9.17, 15) is 9.90 Å². The molecule has 168 valence electrons. The molecule has 0 aliphatic rings. The van der Waals surface area contributed by atoms with Gasteiger partial charge < -0.3 is 24.0 Å². The molecular formula is C25H19Cl2NO5. The second kappa shape index (κ2) is 10.0. The number of ether oxygens (including phenoxy) is 1. The van der Waals surface area contributed by atoms with Crippen LogP contribution in [0, 0.1) is 0 Å². The molecule has 0 saturated heterocycles. The van der Waals surface area contributed by atoms with Crippen LogP contribution in [0.1, 0.15) is 11.5 Å². The normalized spacial score (nSPS) is 11.2. The van der Waals surface area contributed by atoms with Gasteiger partial charge in [0.15, 0.2) is 0 Å². The first-order chi connectivity index (χ1) is 16.0. The van der Waals surface area contributed by atoms with E-state index in [0.29, 0.717) is 50.1 Å². The van der Waals surface area contributed by atoms with Gasteiger partial charge in [-0.15, -0.1) is 0 Å². The minimum Gasteiger partial charge on any atom is -0.495 e. The molecule has 0 bridgehead atoms. The second-order valence-corrected chi connectivity index (χ2v) is 7.83. The number of carbonyl (C=O) groups is 1. The van der Waals surface area contributed by atoms with Crippen LogP contribution in [0.2, 0.25) is 10.0 Å². The Bertz CT molecular complexity index is 1320. The van der Waals surface area contributed by atoms with E-state index >= 15 is 0 Å². The van der Waals surface area contributed by atoms with E-state index in [0.717, 1.165) is 5.56 Å². The zero-order valence-corrected chi connectivity index (χ0v) is 19.0. The number of nitrogens with one attached hydrogen (secondary N) is 1. The number of hydrogen-bond acceptors (Lipinski definition) is 5. The number of amides is 1. The van der Waals surface area contributed by atoms with Crippen LogP contribution in [0.4, 0.5) is 5.69 Å². The Morgan fingerprint density at radius 3 is 2.58 bits per heavy atom. The Hall–Kier alpha value is -3.45. The fourth-order valence-corrected chi connectivity index (χ4v) is 3.69. The van der Waals surface area contributed by atoms with Crippen LogP contribution in [-0.2, 0) is 11.4 Å². The topological polar surface area (TPSA) is 84.8 Å². The third-order valence-electron chi connectivity index (χ3n) is 4.78. The highest BCUT2D eigenvalue weighted by molar-refractivity contribution is 6.36. The number of halogens is 2. The molecule has 2 heterocycles. The molecule has 0 aliphatic heterocycles. The van der Waals surface area contributed by atoms with Crippen molar-refractivity contribution in [2.45, 2.75) is 6.61 Å². The van der Waals surface area contributed by atoms with Crippen molar-refractivity contribution in [1.82, 2.24) is 0 Å². The van der Waals surface area contributed by atoms with Crippen LogP contribution in [0.3, 0.4) is 0 Å². The lowest BCUT2D eigenvalue weighted by Crippen LogP contribution is -2.09. The first-order valence-corrected chi connectivity index (χ1v) is 10.6. The highest BCUT2D eigenvalue weighted by Gasteiger charge is 2.12. The number of anilines is 1. The summed E-state index contributed by atoms with van der Waals surface area (Å²) < 4.78 is 16.7. The number of aliphatic hydroxyl groups is 1. The van der Waals surface area contributed by atoms with Gasteiger partial charge >= 0.3 is 0 Å². The molecule has 2 N–H and O–H groups in total. The quantitative estimate of drug-likeness (QED) is 0.287. The van der Waals surface area contributed by atoms with Gasteiger partial charge in [-0.2, -0.15) is 0 Å². The van der Waals surface area contributed by atoms with E-state index in [1.807, 2.05) is 0 Å². The third-order valence-corrected chi connectivity index (χ3v) is 5.33. The highest BCUT2D eigenvalue weighted by Crippen LogP contribution is 2.33. The SMILES string of the molecule is COc1ccc(-c2ccc(CO)o2)cc1NC(=O)/C=C/c1ccc(-c2ccc(Cl)cc2Cl)o1. The van der Waals surface area contributed by atoms with Gasteiger partial charge in [0.2, 0.25) is 5.91 Å². The molecule has 33 heavy (non-hydrogen) atoms. The van der Waals surface area contributed by atoms with Crippen LogP contribution in [-0.4, -0.2) is 18.1 Å². The zero-order chi connectivity index (χ0) is 23.4. The Morgan fingerprint density at radius 2 is 1.85 bits per heavy atom. The minimum atomic E-state index is -0.372. The molecule has 8 heteroatoms. The predicted molar refractivity (Wildman–Crippen MR) is 128 cm³/mol. The lowest BCUT2D eigenvalue weighted by Gasteiger charge is -2.10. The Labute approximate surface area is 200 Å². The standard InChI is InChI=1S/C25H19Cl2NO5/c1-31-24-8-2-15(22-9-5-18(14-29)33-22)12-21(24)28-25(30)11-6-17-4-10-23(32-17)19-7-3-16(26)13-20(19)27/h2-13,29H,14H2,1H3,(H,28,30)/b11-6+. The molecule has 0 saturated carbocycles. The monoisotopic (exact) mass is 483 g/mol. The molecule has 0 unspecified atom stereocenters. The van der Waals surface area contributed by atoms with Crippen molar-refractivity contribution in [2.24, 2.45) is 0 Å². The van der Waals surface area contributed by atoms with Gasteiger partial charge in [-0.3, -0.25) is 4.79 Å². The molecule has 0 fully saturated rings. The van der Waals surface area contributed by atoms with Crippen LogP contribution in [0.15, 0.2) is 75.6 Å². The van der Waals surface area contributed by atoms with Crippen molar-refractivity contribution in [3.8, 4) is 28.4 Å². The lowest BCUT2D eigenvalue weighted by atomic mass is 10.1. The van der Waals surface area contributed by atoms with E-state index < -0.39 is 0 Å². The Morgan fingerprint density at radius 1 is 1.03 bits per heavy atom. The van der Waals surface area contributed by atoms with Crippen molar-refractivity contribution < 1.29 is 23.5 Å². The molecule has 0 aliphatic carbocycles. The fraction of sp³-hybridized carbons (Fsp3) is 0.0800. The number of benzene rings is 2. The Kier molecular flexibility index (Phi) is 6.89. The van der Waals surface area contributed by atoms with Crippen LogP contribution < -0.4 is 10.1 Å². The molecule has 4 rings (SSSR count). The van der Waals surface area contributed by atoms with Gasteiger partial charge in [-0.1, -0.05) is 23.2 Å². The summed E-state index contributed by atoms with van der Waals surface area (Å²) in [6.07, 6.45) is 2.91. The summed E-state index contributed by atoms with van der Waals surface area (Å²) in [5.74, 6) is 2.19. The third kappa shape index (κ3) is 5.31. The molecule has 2 aromatic carbocycles. The van der Waals surface area contributed by atoms with Crippen molar-refractivity contribution in [3.63, 3.8) is 0 Å². The summed E-state index contributed by atoms with van der Waals surface area (Å²) in [6, 6.07) is 17.3. The molecule has 1 amide bonds. The lowest BCUT2D eigenvalue weighted by molar-refractivity contribution is -0.111. The molecule has 0 radical (unpaired) electrons. The van der Waals surface area contributed by atoms with E-state index in [2.05, 4.69) is 5.32 Å². The fourth-order valence-electron chi connectivity index (χ4n) is 3.19. The van der Waals surface area contributed by atoms with Crippen molar-refractivity contribution >= 4 is 40.9 Å². The van der Waals surface area contributed by atoms with Gasteiger partial charge in [0.05, 0.1) is 17.8 Å². The second-order valence-electron chi connectivity index (χ2n) is 6.99. The summed E-state index contributed by atoms with van der Waals surface area (Å²) in [5, 5.41) is 13.0. The van der Waals surface area contributed by atoms with E-state index in [-0.39, 0.29) is 12.5 Å². The van der Waals surface area contributed by atoms with E-state index in [1.54, 1.807) is 66.7 Å². The molecular weight excluding hydrogens is 465 g/mol. The number of carbonyl (C=O) groups excluding carboxylic acids is 1. The largest absolute Gasteiger partial charge is 0.495 e. The average molecular weight is 484 g/mol. The molecule has 6 nitrogen and oxygen atoms in total. The molecule has 0 atom stereocenters. The van der Waals surface area contributed by atoms with Crippen LogP contribution in [0.25, 0.3) is 28.7 Å². The average Bonchev–Trinajstić information content (AvgIpc) is 3.47. The van der Waals surface area contributed by atoms with E-state index in [4.69, 9.17) is 36.8 Å². The summed E-state index contributed by atoms with van der Waals surface area (Å²) in [7, 11) is 1.52. The zero-order valence-electron chi connectivity index (χ0n) is 17.5. The number of hydrogen-bond donors (Lipinski definition) is 2. The summed E-state index contributed by atoms with van der Waals surface area (Å²) in [4.78, 5) is 12.5. The van der Waals surface area contributed by atoms with Crippen LogP contribution >= 0.6 is 23.2 Å². The smallest absolute Gasteiger partial charge is 0.248 e. The van der Waals surface area contributed by atoms with Crippen molar-refractivity contribution in [2.75, 3.05) is 12.4 Å². The summed E-state index contributed by atoms with van der Waals surface area (Å²) >= 11 is 12.2. The molecule has 0 spiro atoms. The first kappa shape index (κ1) is 22.7. The van der Waals surface area contributed by atoms with Gasteiger partial charge in [-0.05, 0) is 66.7 Å². The van der Waals surface area contributed by atoms with Crippen molar-refractivity contribution in [1.29, 1.82) is 0 Å². The number of rotatable bonds is 7. The van der Waals surface area contributed by atoms with Gasteiger partial charge in [0, 0.05) is 22.2 Å². The summed E-state index contributed by atoms with van der Waals surface area (Å²) in [6.45, 7) is -0.191. The van der Waals surface area contributed by atoms with Crippen LogP contribution in [0.5, 0.6) is 5.75 Å². The highest BCUT2D eigenvalue weighted by atomic mass is 35.5.